The number of hydrogen-bond donors (Lipinski definition) is 1. The molecule has 1 heterocycles. The van der Waals surface area contributed by atoms with Gasteiger partial charge in [0, 0.05) is 19.2 Å². The molecule has 1 aliphatic rings. The molecule has 0 saturated carbocycles. The second-order valence-electron chi connectivity index (χ2n) is 7.20. The summed E-state index contributed by atoms with van der Waals surface area (Å²) in [6.07, 6.45) is 2.06. The molecule has 1 aromatic rings. The van der Waals surface area contributed by atoms with Crippen LogP contribution in [0.5, 0.6) is 5.75 Å². The van der Waals surface area contributed by atoms with Crippen LogP contribution in [0.25, 0.3) is 0 Å². The summed E-state index contributed by atoms with van der Waals surface area (Å²) >= 11 is 0. The molecule has 1 fully saturated rings. The van der Waals surface area contributed by atoms with Gasteiger partial charge in [-0.2, -0.15) is 0 Å². The van der Waals surface area contributed by atoms with E-state index >= 15 is 0 Å². The number of benzene rings is 1. The van der Waals surface area contributed by atoms with E-state index in [2.05, 4.69) is 0 Å². The van der Waals surface area contributed by atoms with E-state index in [-0.39, 0.29) is 17.5 Å². The van der Waals surface area contributed by atoms with Gasteiger partial charge in [-0.3, -0.25) is 10.1 Å². The number of phenolic OH excluding ortho intramolecular Hbond substituents is 1. The van der Waals surface area contributed by atoms with Gasteiger partial charge in [0.1, 0.15) is 5.60 Å². The van der Waals surface area contributed by atoms with E-state index in [1.807, 2.05) is 20.8 Å². The van der Waals surface area contributed by atoms with Crippen molar-refractivity contribution in [2.24, 2.45) is 5.92 Å². The van der Waals surface area contributed by atoms with Crippen LogP contribution in [0.4, 0.5) is 10.5 Å². The molecular weight excluding hydrogens is 312 g/mol. The van der Waals surface area contributed by atoms with Crippen LogP contribution >= 0.6 is 0 Å². The van der Waals surface area contributed by atoms with E-state index < -0.39 is 10.5 Å². The highest BCUT2D eigenvalue weighted by Crippen LogP contribution is 2.29. The number of aromatic hydroxyl groups is 1. The van der Waals surface area contributed by atoms with Crippen molar-refractivity contribution < 1.29 is 19.6 Å². The lowest BCUT2D eigenvalue weighted by Crippen LogP contribution is -2.42. The highest BCUT2D eigenvalue weighted by Gasteiger charge is 2.27. The molecule has 0 bridgehead atoms. The topological polar surface area (TPSA) is 92.9 Å². The van der Waals surface area contributed by atoms with Gasteiger partial charge in [-0.1, -0.05) is 6.07 Å². The number of nitrogens with zero attached hydrogens (tertiary/aromatic N) is 2. The number of hydrogen-bond acceptors (Lipinski definition) is 5. The third-order valence-corrected chi connectivity index (χ3v) is 4.03. The normalized spacial score (nSPS) is 16.0. The molecule has 1 aliphatic heterocycles. The summed E-state index contributed by atoms with van der Waals surface area (Å²) in [7, 11) is 0. The van der Waals surface area contributed by atoms with E-state index in [1.165, 1.54) is 12.1 Å². The Morgan fingerprint density at radius 3 is 2.54 bits per heavy atom. The Morgan fingerprint density at radius 2 is 2.00 bits per heavy atom. The molecule has 0 atom stereocenters. The van der Waals surface area contributed by atoms with Crippen molar-refractivity contribution in [3.63, 3.8) is 0 Å². The van der Waals surface area contributed by atoms with Gasteiger partial charge in [-0.25, -0.2) is 4.79 Å². The van der Waals surface area contributed by atoms with Crippen molar-refractivity contribution >= 4 is 11.8 Å². The van der Waals surface area contributed by atoms with Crippen LogP contribution in [-0.4, -0.2) is 39.7 Å². The number of rotatable bonds is 3. The minimum absolute atomic E-state index is 0.265. The van der Waals surface area contributed by atoms with Crippen molar-refractivity contribution in [3.8, 4) is 5.75 Å². The first-order valence-electron chi connectivity index (χ1n) is 8.10. The number of likely N-dealkylation sites (tertiary alicyclic amines) is 1. The third kappa shape index (κ3) is 4.84. The van der Waals surface area contributed by atoms with Gasteiger partial charge >= 0.3 is 11.8 Å². The van der Waals surface area contributed by atoms with E-state index in [0.29, 0.717) is 25.4 Å². The van der Waals surface area contributed by atoms with Crippen LogP contribution in [-0.2, 0) is 11.2 Å². The largest absolute Gasteiger partial charge is 0.502 e. The van der Waals surface area contributed by atoms with Crippen LogP contribution in [0.2, 0.25) is 0 Å². The molecular formula is C17H24N2O5. The van der Waals surface area contributed by atoms with Gasteiger partial charge in [-0.05, 0) is 57.6 Å². The Bertz CT molecular complexity index is 616. The highest BCUT2D eigenvalue weighted by atomic mass is 16.6. The number of carbonyl (C=O) groups excluding carboxylic acids is 1. The lowest BCUT2D eigenvalue weighted by Gasteiger charge is -2.33. The number of nitro groups is 1. The molecule has 0 aromatic heterocycles. The summed E-state index contributed by atoms with van der Waals surface area (Å²) < 4.78 is 5.37. The molecule has 1 amide bonds. The van der Waals surface area contributed by atoms with Crippen LogP contribution in [0.1, 0.15) is 39.2 Å². The predicted molar refractivity (Wildman–Crippen MR) is 89.0 cm³/mol. The zero-order valence-electron chi connectivity index (χ0n) is 14.3. The summed E-state index contributed by atoms with van der Waals surface area (Å²) in [5.74, 6) is 0.0383. The van der Waals surface area contributed by atoms with Crippen molar-refractivity contribution in [2.45, 2.75) is 45.6 Å². The molecule has 0 radical (unpaired) electrons. The Kier molecular flexibility index (Phi) is 5.31. The number of carbonyl (C=O) groups is 1. The number of phenols is 1. The lowest BCUT2D eigenvalue weighted by molar-refractivity contribution is -0.385. The SMILES string of the molecule is CC(C)(C)OC(=O)N1CCC(Cc2ccc(O)c([N+](=O)[O-])c2)CC1. The molecule has 132 valence electrons. The zero-order chi connectivity index (χ0) is 17.9. The van der Waals surface area contributed by atoms with Gasteiger partial charge in [-0.15, -0.1) is 0 Å². The van der Waals surface area contributed by atoms with Crippen molar-refractivity contribution in [1.82, 2.24) is 4.90 Å². The fraction of sp³-hybridized carbons (Fsp3) is 0.588. The number of ether oxygens (including phenoxy) is 1. The molecule has 0 spiro atoms. The van der Waals surface area contributed by atoms with Gasteiger partial charge < -0.3 is 14.7 Å². The highest BCUT2D eigenvalue weighted by molar-refractivity contribution is 5.68. The number of piperidine rings is 1. The first kappa shape index (κ1) is 18.0. The van der Waals surface area contributed by atoms with E-state index in [1.54, 1.807) is 11.0 Å². The van der Waals surface area contributed by atoms with Gasteiger partial charge in [0.05, 0.1) is 4.92 Å². The Labute approximate surface area is 141 Å². The summed E-state index contributed by atoms with van der Waals surface area (Å²) in [6.45, 7) is 6.78. The van der Waals surface area contributed by atoms with Crippen LogP contribution in [0, 0.1) is 16.0 Å². The van der Waals surface area contributed by atoms with Gasteiger partial charge in [0.25, 0.3) is 0 Å². The molecule has 0 aliphatic carbocycles. The molecule has 1 saturated heterocycles. The lowest BCUT2D eigenvalue weighted by atomic mass is 9.90. The fourth-order valence-electron chi connectivity index (χ4n) is 2.82. The van der Waals surface area contributed by atoms with Crippen molar-refractivity contribution in [3.05, 3.63) is 33.9 Å². The van der Waals surface area contributed by atoms with E-state index in [4.69, 9.17) is 4.74 Å². The van der Waals surface area contributed by atoms with E-state index in [9.17, 15) is 20.0 Å². The molecule has 24 heavy (non-hydrogen) atoms. The minimum atomic E-state index is -0.579. The molecule has 7 heteroatoms. The summed E-state index contributed by atoms with van der Waals surface area (Å²) in [5, 5.41) is 20.4. The standard InChI is InChI=1S/C17H24N2O5/c1-17(2,3)24-16(21)18-8-6-12(7-9-18)10-13-4-5-15(20)14(11-13)19(22)23/h4-5,11-12,20H,6-10H2,1-3H3. The van der Waals surface area contributed by atoms with E-state index in [0.717, 1.165) is 18.4 Å². The number of amides is 1. The second-order valence-corrected chi connectivity index (χ2v) is 7.20. The fourth-order valence-corrected chi connectivity index (χ4v) is 2.82. The Hall–Kier alpha value is -2.31. The van der Waals surface area contributed by atoms with Crippen molar-refractivity contribution in [1.29, 1.82) is 0 Å². The van der Waals surface area contributed by atoms with Crippen LogP contribution in [0.3, 0.4) is 0 Å². The Balaban J connectivity index is 1.90. The molecule has 1 N–H and O–H groups in total. The maximum Gasteiger partial charge on any atom is 0.410 e. The molecule has 0 unspecified atom stereocenters. The molecule has 7 nitrogen and oxygen atoms in total. The maximum atomic E-state index is 12.0. The average molecular weight is 336 g/mol. The minimum Gasteiger partial charge on any atom is -0.502 e. The van der Waals surface area contributed by atoms with Gasteiger partial charge in [0.15, 0.2) is 5.75 Å². The summed E-state index contributed by atoms with van der Waals surface area (Å²) in [4.78, 5) is 24.1. The average Bonchev–Trinajstić information content (AvgIpc) is 2.48. The first-order valence-corrected chi connectivity index (χ1v) is 8.10. The zero-order valence-corrected chi connectivity index (χ0v) is 14.3. The number of nitro benzene ring substituents is 1. The van der Waals surface area contributed by atoms with Gasteiger partial charge in [0.2, 0.25) is 0 Å². The Morgan fingerprint density at radius 1 is 1.38 bits per heavy atom. The molecule has 1 aromatic carbocycles. The smallest absolute Gasteiger partial charge is 0.410 e. The van der Waals surface area contributed by atoms with Crippen LogP contribution in [0.15, 0.2) is 18.2 Å². The van der Waals surface area contributed by atoms with Crippen molar-refractivity contribution in [2.75, 3.05) is 13.1 Å². The molecule has 2 rings (SSSR count). The third-order valence-electron chi connectivity index (χ3n) is 4.03. The second kappa shape index (κ2) is 7.07. The monoisotopic (exact) mass is 336 g/mol. The van der Waals surface area contributed by atoms with Crippen LogP contribution < -0.4 is 0 Å². The first-order chi connectivity index (χ1) is 11.2. The predicted octanol–water partition coefficient (Wildman–Crippen LogP) is 3.49. The summed E-state index contributed by atoms with van der Waals surface area (Å²) in [6, 6.07) is 4.50. The summed E-state index contributed by atoms with van der Waals surface area (Å²) in [5.41, 5.74) is 0.0627. The quantitative estimate of drug-likeness (QED) is 0.673. The maximum absolute atomic E-state index is 12.0.